The minimum absolute atomic E-state index is 0.0526. The predicted octanol–water partition coefficient (Wildman–Crippen LogP) is 4.60. The lowest BCUT2D eigenvalue weighted by Gasteiger charge is -2.58. The van der Waals surface area contributed by atoms with Crippen molar-refractivity contribution in [3.8, 4) is 0 Å². The van der Waals surface area contributed by atoms with Crippen LogP contribution in [-0.4, -0.2) is 16.7 Å². The Hall–Kier alpha value is -2.14. The van der Waals surface area contributed by atoms with Crippen LogP contribution in [0.25, 0.3) is 11.0 Å². The average Bonchev–Trinajstić information content (AvgIpc) is 2.62. The first-order chi connectivity index (χ1) is 14.2. The Bertz CT molecular complexity index is 1060. The van der Waals surface area contributed by atoms with Crippen molar-refractivity contribution < 1.29 is 19.1 Å². The highest BCUT2D eigenvalue weighted by molar-refractivity contribution is 5.83. The largest absolute Gasteiger partial charge is 0.460 e. The summed E-state index contributed by atoms with van der Waals surface area (Å²) in [6, 6.07) is 5.38. The molecule has 1 heterocycles. The van der Waals surface area contributed by atoms with E-state index < -0.39 is 16.6 Å². The van der Waals surface area contributed by atoms with E-state index in [9.17, 15) is 14.7 Å². The summed E-state index contributed by atoms with van der Waals surface area (Å²) in [5, 5.41) is 11.7. The van der Waals surface area contributed by atoms with Crippen LogP contribution >= 0.6 is 0 Å². The molecule has 1 N–H and O–H groups in total. The van der Waals surface area contributed by atoms with Crippen molar-refractivity contribution >= 4 is 16.9 Å². The Balaban J connectivity index is 1.43. The number of hydrogen-bond donors (Lipinski definition) is 1. The van der Waals surface area contributed by atoms with Crippen molar-refractivity contribution in [2.24, 2.45) is 17.3 Å². The molecule has 5 nitrogen and oxygen atoms in total. The Labute approximate surface area is 176 Å². The van der Waals surface area contributed by atoms with Gasteiger partial charge in [-0.15, -0.1) is 0 Å². The number of ether oxygens (including phenoxy) is 1. The van der Waals surface area contributed by atoms with E-state index >= 15 is 0 Å². The smallest absolute Gasteiger partial charge is 0.336 e. The summed E-state index contributed by atoms with van der Waals surface area (Å²) in [5.41, 5.74) is 1.78. The number of benzene rings is 1. The van der Waals surface area contributed by atoms with Crippen LogP contribution in [0, 0.1) is 24.2 Å². The van der Waals surface area contributed by atoms with Gasteiger partial charge in [0.2, 0.25) is 0 Å². The van der Waals surface area contributed by atoms with Gasteiger partial charge in [0.1, 0.15) is 12.2 Å². The first-order valence-electron chi connectivity index (χ1n) is 11.1. The fourth-order valence-electron chi connectivity index (χ4n) is 6.88. The van der Waals surface area contributed by atoms with Gasteiger partial charge in [-0.1, -0.05) is 13.8 Å². The Kier molecular flexibility index (Phi) is 4.41. The van der Waals surface area contributed by atoms with Gasteiger partial charge < -0.3 is 14.3 Å². The quantitative estimate of drug-likeness (QED) is 0.589. The van der Waals surface area contributed by atoms with E-state index in [4.69, 9.17) is 9.15 Å². The number of rotatable bonds is 4. The molecule has 1 aromatic carbocycles. The average molecular weight is 411 g/mol. The van der Waals surface area contributed by atoms with Gasteiger partial charge in [0.25, 0.3) is 0 Å². The van der Waals surface area contributed by atoms with Crippen molar-refractivity contribution in [1.82, 2.24) is 0 Å². The number of carbonyl (C=O) groups is 1. The Morgan fingerprint density at radius 3 is 2.53 bits per heavy atom. The van der Waals surface area contributed by atoms with E-state index in [1.165, 1.54) is 11.6 Å². The molecule has 4 fully saturated rings. The predicted molar refractivity (Wildman–Crippen MR) is 113 cm³/mol. The molecule has 6 rings (SSSR count). The molecule has 4 bridgehead atoms. The maximum absolute atomic E-state index is 13.2. The van der Waals surface area contributed by atoms with Crippen molar-refractivity contribution in [3.05, 3.63) is 45.3 Å². The summed E-state index contributed by atoms with van der Waals surface area (Å²) in [5.74, 6) is 0.965. The molecule has 4 saturated carbocycles. The molecular formula is C25H30O5. The molecule has 4 aliphatic carbocycles. The number of aryl methyl sites for hydroxylation is 1. The Morgan fingerprint density at radius 1 is 1.20 bits per heavy atom. The summed E-state index contributed by atoms with van der Waals surface area (Å²) < 4.78 is 11.2. The summed E-state index contributed by atoms with van der Waals surface area (Å²) >= 11 is 0. The van der Waals surface area contributed by atoms with Gasteiger partial charge in [0.05, 0.1) is 11.0 Å². The number of esters is 1. The van der Waals surface area contributed by atoms with Gasteiger partial charge in [0, 0.05) is 17.0 Å². The third-order valence-corrected chi connectivity index (χ3v) is 7.66. The summed E-state index contributed by atoms with van der Waals surface area (Å²) in [6.07, 6.45) is 4.91. The zero-order chi connectivity index (χ0) is 21.3. The molecule has 0 amide bonds. The van der Waals surface area contributed by atoms with E-state index in [1.54, 1.807) is 0 Å². The van der Waals surface area contributed by atoms with Crippen LogP contribution < -0.4 is 5.63 Å². The van der Waals surface area contributed by atoms with Gasteiger partial charge >= 0.3 is 11.6 Å². The SMILES string of the molecule is Cc1cc2oc(=O)cc(COC(=O)C34C[C@@H]5C[C@@H](CC(O)(C5)C3)C4)c2cc1C(C)C. The maximum Gasteiger partial charge on any atom is 0.336 e. The minimum atomic E-state index is -0.701. The molecule has 0 aliphatic heterocycles. The highest BCUT2D eigenvalue weighted by Gasteiger charge is 2.60. The van der Waals surface area contributed by atoms with Crippen LogP contribution in [0.1, 0.15) is 75.0 Å². The molecule has 0 saturated heterocycles. The van der Waals surface area contributed by atoms with Gasteiger partial charge in [0.15, 0.2) is 0 Å². The molecule has 30 heavy (non-hydrogen) atoms. The van der Waals surface area contributed by atoms with Crippen LogP contribution in [-0.2, 0) is 16.1 Å². The van der Waals surface area contributed by atoms with Crippen LogP contribution in [0.5, 0.6) is 0 Å². The molecule has 0 radical (unpaired) electrons. The molecule has 4 atom stereocenters. The fraction of sp³-hybridized carbons (Fsp3) is 0.600. The second-order valence-corrected chi connectivity index (χ2v) is 10.5. The van der Waals surface area contributed by atoms with Gasteiger partial charge in [-0.05, 0) is 86.5 Å². The van der Waals surface area contributed by atoms with Crippen molar-refractivity contribution in [2.75, 3.05) is 0 Å². The van der Waals surface area contributed by atoms with Crippen LogP contribution in [0.15, 0.2) is 27.4 Å². The van der Waals surface area contributed by atoms with Crippen molar-refractivity contribution in [3.63, 3.8) is 0 Å². The topological polar surface area (TPSA) is 76.7 Å². The molecule has 2 unspecified atom stereocenters. The fourth-order valence-corrected chi connectivity index (χ4v) is 6.88. The zero-order valence-corrected chi connectivity index (χ0v) is 18.0. The highest BCUT2D eigenvalue weighted by atomic mass is 16.5. The zero-order valence-electron chi connectivity index (χ0n) is 18.0. The number of aliphatic hydroxyl groups is 1. The van der Waals surface area contributed by atoms with E-state index in [1.807, 2.05) is 13.0 Å². The van der Waals surface area contributed by atoms with Gasteiger partial charge in [-0.3, -0.25) is 4.79 Å². The lowest BCUT2D eigenvalue weighted by atomic mass is 9.48. The Morgan fingerprint density at radius 2 is 1.90 bits per heavy atom. The third kappa shape index (κ3) is 3.18. The first-order valence-corrected chi connectivity index (χ1v) is 11.1. The lowest BCUT2D eigenvalue weighted by molar-refractivity contribution is -0.197. The van der Waals surface area contributed by atoms with Crippen LogP contribution in [0.3, 0.4) is 0 Å². The normalized spacial score (nSPS) is 32.2. The van der Waals surface area contributed by atoms with Gasteiger partial charge in [-0.2, -0.15) is 0 Å². The molecular weight excluding hydrogens is 380 g/mol. The molecule has 0 spiro atoms. The first kappa shape index (κ1) is 19.8. The van der Waals surface area contributed by atoms with E-state index in [0.717, 1.165) is 43.1 Å². The van der Waals surface area contributed by atoms with Crippen molar-refractivity contribution in [1.29, 1.82) is 0 Å². The minimum Gasteiger partial charge on any atom is -0.460 e. The van der Waals surface area contributed by atoms with Gasteiger partial charge in [-0.25, -0.2) is 4.79 Å². The number of fused-ring (bicyclic) bond motifs is 1. The lowest BCUT2D eigenvalue weighted by Crippen LogP contribution is -2.58. The number of hydrogen-bond acceptors (Lipinski definition) is 5. The monoisotopic (exact) mass is 410 g/mol. The molecule has 160 valence electrons. The van der Waals surface area contributed by atoms with E-state index in [-0.39, 0.29) is 12.6 Å². The molecule has 4 aliphatic rings. The summed E-state index contributed by atoms with van der Waals surface area (Å²) in [6.45, 7) is 6.33. The molecule has 5 heteroatoms. The van der Waals surface area contributed by atoms with Crippen LogP contribution in [0.4, 0.5) is 0 Å². The van der Waals surface area contributed by atoms with Crippen molar-refractivity contribution in [2.45, 2.75) is 77.4 Å². The summed E-state index contributed by atoms with van der Waals surface area (Å²) in [7, 11) is 0. The van der Waals surface area contributed by atoms with E-state index in [2.05, 4.69) is 19.9 Å². The standard InChI is InChI=1S/C25H30O5/c1-14(2)19-7-20-18(6-22(26)30-21(20)4-15(19)3)12-29-23(27)24-8-16-5-17(9-24)11-25(28,10-16)13-24/h4,6-7,14,16-17,28H,5,8-13H2,1-3H3/t16-,17+,24?,25?. The second-order valence-electron chi connectivity index (χ2n) is 10.5. The third-order valence-electron chi connectivity index (χ3n) is 7.66. The van der Waals surface area contributed by atoms with Crippen LogP contribution in [0.2, 0.25) is 0 Å². The second kappa shape index (κ2) is 6.68. The highest BCUT2D eigenvalue weighted by Crippen LogP contribution is 2.62. The maximum atomic E-state index is 13.2. The number of carbonyl (C=O) groups excluding carboxylic acids is 1. The molecule has 2 aromatic rings. The molecule has 1 aromatic heterocycles. The van der Waals surface area contributed by atoms with E-state index in [0.29, 0.717) is 35.3 Å². The summed E-state index contributed by atoms with van der Waals surface area (Å²) in [4.78, 5) is 25.3.